The van der Waals surface area contributed by atoms with Crippen LogP contribution >= 0.6 is 0 Å². The number of nitrogens with zero attached hydrogens (tertiary/aromatic N) is 1. The van der Waals surface area contributed by atoms with Crippen molar-refractivity contribution >= 4 is 6.09 Å². The van der Waals surface area contributed by atoms with E-state index >= 15 is 0 Å². The van der Waals surface area contributed by atoms with E-state index in [0.29, 0.717) is 6.54 Å². The summed E-state index contributed by atoms with van der Waals surface area (Å²) < 4.78 is 10.9. The topological polar surface area (TPSA) is 50.8 Å². The maximum absolute atomic E-state index is 11.9. The molecule has 0 saturated carbocycles. The van der Waals surface area contributed by atoms with Gasteiger partial charge in [0.05, 0.1) is 13.2 Å². The number of fused-ring (bicyclic) bond motifs is 2. The Balaban J connectivity index is 1.61. The Labute approximate surface area is 147 Å². The summed E-state index contributed by atoms with van der Waals surface area (Å²) in [7, 11) is 1.43. The lowest BCUT2D eigenvalue weighted by Gasteiger charge is -2.36. The second kappa shape index (κ2) is 6.76. The summed E-state index contributed by atoms with van der Waals surface area (Å²) in [4.78, 5) is 13.6. The molecule has 2 aromatic carbocycles. The number of amides is 1. The predicted octanol–water partition coefficient (Wildman–Crippen LogP) is 3.70. The lowest BCUT2D eigenvalue weighted by atomic mass is 9.93. The van der Waals surface area contributed by atoms with Crippen molar-refractivity contribution in [1.82, 2.24) is 10.2 Å². The second-order valence-corrected chi connectivity index (χ2v) is 6.53. The highest BCUT2D eigenvalue weighted by Crippen LogP contribution is 2.42. The van der Waals surface area contributed by atoms with Gasteiger partial charge in [-0.25, -0.2) is 4.79 Å². The van der Waals surface area contributed by atoms with Gasteiger partial charge >= 0.3 is 6.09 Å². The van der Waals surface area contributed by atoms with Gasteiger partial charge in [0.15, 0.2) is 0 Å². The van der Waals surface area contributed by atoms with Gasteiger partial charge in [-0.15, -0.1) is 0 Å². The number of ether oxygens (including phenoxy) is 2. The zero-order chi connectivity index (χ0) is 17.2. The number of rotatable bonds is 2. The van der Waals surface area contributed by atoms with Crippen LogP contribution < -0.4 is 10.1 Å². The van der Waals surface area contributed by atoms with Gasteiger partial charge in [0.1, 0.15) is 11.5 Å². The van der Waals surface area contributed by atoms with Crippen LogP contribution in [-0.4, -0.2) is 37.2 Å². The molecule has 5 nitrogen and oxygen atoms in total. The lowest BCUT2D eigenvalue weighted by molar-refractivity contribution is 0.106. The molecule has 2 heterocycles. The summed E-state index contributed by atoms with van der Waals surface area (Å²) in [5, 5.41) is 3.75. The molecule has 0 aromatic heterocycles. The first-order valence-electron chi connectivity index (χ1n) is 8.71. The number of hydrogen-bond acceptors (Lipinski definition) is 4. The molecule has 0 bridgehead atoms. The molecule has 130 valence electrons. The number of methoxy groups -OCH3 is 1. The molecule has 1 amide bonds. The molecule has 1 unspecified atom stereocenters. The number of para-hydroxylation sites is 2. The van der Waals surface area contributed by atoms with E-state index in [0.717, 1.165) is 42.0 Å². The quantitative estimate of drug-likeness (QED) is 0.907. The van der Waals surface area contributed by atoms with Crippen molar-refractivity contribution in [3.8, 4) is 11.5 Å². The molecule has 4 rings (SSSR count). The van der Waals surface area contributed by atoms with Crippen LogP contribution in [0.2, 0.25) is 0 Å². The lowest BCUT2D eigenvalue weighted by Crippen LogP contribution is -2.49. The number of carbonyl (C=O) groups is 1. The number of nitrogens with one attached hydrogen (secondary N) is 1. The van der Waals surface area contributed by atoms with Crippen molar-refractivity contribution in [2.24, 2.45) is 0 Å². The fraction of sp³-hybridized carbons (Fsp3) is 0.350. The number of piperidine rings is 1. The second-order valence-electron chi connectivity index (χ2n) is 6.53. The SMILES string of the molecule is COC(=O)N1CCCC(NC2c3ccccc3Oc3ccccc32)C1. The molecule has 2 aliphatic heterocycles. The van der Waals surface area contributed by atoms with Crippen molar-refractivity contribution in [3.05, 3.63) is 59.7 Å². The molecule has 1 N–H and O–H groups in total. The van der Waals surface area contributed by atoms with Crippen molar-refractivity contribution in [1.29, 1.82) is 0 Å². The van der Waals surface area contributed by atoms with E-state index in [-0.39, 0.29) is 18.2 Å². The Bertz CT molecular complexity index is 732. The smallest absolute Gasteiger partial charge is 0.409 e. The van der Waals surface area contributed by atoms with Gasteiger partial charge in [-0.05, 0) is 25.0 Å². The van der Waals surface area contributed by atoms with Gasteiger partial charge in [-0.2, -0.15) is 0 Å². The average molecular weight is 338 g/mol. The maximum atomic E-state index is 11.9. The highest BCUT2D eigenvalue weighted by atomic mass is 16.5. The zero-order valence-electron chi connectivity index (χ0n) is 14.3. The van der Waals surface area contributed by atoms with Gasteiger partial charge < -0.3 is 19.7 Å². The van der Waals surface area contributed by atoms with Crippen molar-refractivity contribution in [2.75, 3.05) is 20.2 Å². The highest BCUT2D eigenvalue weighted by Gasteiger charge is 2.31. The molecule has 1 atom stereocenters. The van der Waals surface area contributed by atoms with Gasteiger partial charge in [-0.1, -0.05) is 36.4 Å². The fourth-order valence-corrected chi connectivity index (χ4v) is 3.73. The largest absolute Gasteiger partial charge is 0.457 e. The summed E-state index contributed by atoms with van der Waals surface area (Å²) in [6.45, 7) is 1.42. The highest BCUT2D eigenvalue weighted by molar-refractivity contribution is 5.67. The van der Waals surface area contributed by atoms with E-state index < -0.39 is 0 Å². The molecule has 25 heavy (non-hydrogen) atoms. The molecular formula is C20H22N2O3. The standard InChI is InChI=1S/C20H22N2O3/c1-24-20(23)22-12-6-7-14(13-22)21-19-15-8-2-4-10-17(15)25-18-11-5-3-9-16(18)19/h2-5,8-11,14,19,21H,6-7,12-13H2,1H3. The van der Waals surface area contributed by atoms with Crippen LogP contribution in [0, 0.1) is 0 Å². The van der Waals surface area contributed by atoms with E-state index in [9.17, 15) is 4.79 Å². The minimum Gasteiger partial charge on any atom is -0.457 e. The third kappa shape index (κ3) is 3.07. The monoisotopic (exact) mass is 338 g/mol. The molecule has 0 aliphatic carbocycles. The summed E-state index contributed by atoms with van der Waals surface area (Å²) >= 11 is 0. The van der Waals surface area contributed by atoms with E-state index in [1.807, 2.05) is 36.4 Å². The Morgan fingerprint density at radius 1 is 1.12 bits per heavy atom. The molecule has 1 fully saturated rings. The van der Waals surface area contributed by atoms with E-state index in [1.165, 1.54) is 7.11 Å². The fourth-order valence-electron chi connectivity index (χ4n) is 3.73. The molecular weight excluding hydrogens is 316 g/mol. The molecule has 2 aromatic rings. The van der Waals surface area contributed by atoms with Crippen LogP contribution in [0.4, 0.5) is 4.79 Å². The van der Waals surface area contributed by atoms with Crippen LogP contribution in [0.3, 0.4) is 0 Å². The number of likely N-dealkylation sites (tertiary alicyclic amines) is 1. The Kier molecular flexibility index (Phi) is 4.32. The number of hydrogen-bond donors (Lipinski definition) is 1. The zero-order valence-corrected chi connectivity index (χ0v) is 14.3. The van der Waals surface area contributed by atoms with Crippen molar-refractivity contribution in [3.63, 3.8) is 0 Å². The number of carbonyl (C=O) groups excluding carboxylic acids is 1. The van der Waals surface area contributed by atoms with E-state index in [4.69, 9.17) is 9.47 Å². The van der Waals surface area contributed by atoms with Gasteiger partial charge in [-0.3, -0.25) is 0 Å². The summed E-state index contributed by atoms with van der Waals surface area (Å²) in [5.41, 5.74) is 2.27. The summed E-state index contributed by atoms with van der Waals surface area (Å²) in [5.74, 6) is 1.78. The van der Waals surface area contributed by atoms with Crippen LogP contribution in [0.1, 0.15) is 30.0 Å². The van der Waals surface area contributed by atoms with Crippen LogP contribution in [0.5, 0.6) is 11.5 Å². The molecule has 2 aliphatic rings. The molecule has 0 radical (unpaired) electrons. The average Bonchev–Trinajstić information content (AvgIpc) is 2.67. The van der Waals surface area contributed by atoms with Gasteiger partial charge in [0, 0.05) is 30.3 Å². The van der Waals surface area contributed by atoms with Crippen LogP contribution in [0.15, 0.2) is 48.5 Å². The first-order valence-corrected chi connectivity index (χ1v) is 8.71. The predicted molar refractivity (Wildman–Crippen MR) is 94.9 cm³/mol. The minimum absolute atomic E-state index is 0.0590. The Hall–Kier alpha value is -2.53. The number of benzene rings is 2. The van der Waals surface area contributed by atoms with Crippen molar-refractivity contribution < 1.29 is 14.3 Å². The van der Waals surface area contributed by atoms with Gasteiger partial charge in [0.25, 0.3) is 0 Å². The normalized spacial score (nSPS) is 19.6. The first-order chi connectivity index (χ1) is 12.3. The molecule has 0 spiro atoms. The minimum atomic E-state index is -0.251. The summed E-state index contributed by atoms with van der Waals surface area (Å²) in [6, 6.07) is 16.5. The molecule has 5 heteroatoms. The summed E-state index contributed by atoms with van der Waals surface area (Å²) in [6.07, 6.45) is 1.76. The van der Waals surface area contributed by atoms with Crippen molar-refractivity contribution in [2.45, 2.75) is 24.9 Å². The molecule has 1 saturated heterocycles. The van der Waals surface area contributed by atoms with Crippen LogP contribution in [-0.2, 0) is 4.74 Å². The van der Waals surface area contributed by atoms with E-state index in [2.05, 4.69) is 17.4 Å². The van der Waals surface area contributed by atoms with Gasteiger partial charge in [0.2, 0.25) is 0 Å². The third-order valence-corrected chi connectivity index (χ3v) is 4.94. The Morgan fingerprint density at radius 2 is 1.76 bits per heavy atom. The third-order valence-electron chi connectivity index (χ3n) is 4.94. The first kappa shape index (κ1) is 16.0. The van der Waals surface area contributed by atoms with Crippen LogP contribution in [0.25, 0.3) is 0 Å². The Morgan fingerprint density at radius 3 is 2.40 bits per heavy atom. The van der Waals surface area contributed by atoms with E-state index in [1.54, 1.807) is 4.90 Å². The maximum Gasteiger partial charge on any atom is 0.409 e.